The second-order valence-corrected chi connectivity index (χ2v) is 4.56. The molecule has 0 saturated carbocycles. The van der Waals surface area contributed by atoms with Crippen molar-refractivity contribution < 1.29 is 9.47 Å². The van der Waals surface area contributed by atoms with Gasteiger partial charge in [-0.1, -0.05) is 13.8 Å². The molecule has 0 spiro atoms. The van der Waals surface area contributed by atoms with Gasteiger partial charge in [-0.2, -0.15) is 0 Å². The highest BCUT2D eigenvalue weighted by atomic mass is 16.5. The van der Waals surface area contributed by atoms with Crippen LogP contribution in [0.3, 0.4) is 0 Å². The lowest BCUT2D eigenvalue weighted by Crippen LogP contribution is -2.12. The van der Waals surface area contributed by atoms with E-state index in [1.807, 2.05) is 0 Å². The second-order valence-electron chi connectivity index (χ2n) is 4.56. The largest absolute Gasteiger partial charge is 0.383 e. The lowest BCUT2D eigenvalue weighted by Gasteiger charge is -2.14. The summed E-state index contributed by atoms with van der Waals surface area (Å²) >= 11 is 0. The highest BCUT2D eigenvalue weighted by Crippen LogP contribution is 2.25. The van der Waals surface area contributed by atoms with Crippen LogP contribution in [-0.4, -0.2) is 43.4 Å². The minimum atomic E-state index is 0.293. The van der Waals surface area contributed by atoms with E-state index < -0.39 is 0 Å². The predicted molar refractivity (Wildman–Crippen MR) is 76.3 cm³/mol. The Labute approximate surface area is 114 Å². The lowest BCUT2D eigenvalue weighted by atomic mass is 10.0. The minimum absolute atomic E-state index is 0.293. The summed E-state index contributed by atoms with van der Waals surface area (Å²) in [4.78, 5) is 8.27. The number of nitrogens with two attached hydrogens (primary N) is 1. The van der Waals surface area contributed by atoms with Crippen LogP contribution >= 0.6 is 0 Å². The molecule has 108 valence electrons. The van der Waals surface area contributed by atoms with E-state index in [9.17, 15) is 0 Å². The smallest absolute Gasteiger partial charge is 0.134 e. The Kier molecular flexibility index (Phi) is 7.14. The first kappa shape index (κ1) is 15.7. The van der Waals surface area contributed by atoms with E-state index in [-0.39, 0.29) is 0 Å². The van der Waals surface area contributed by atoms with E-state index in [2.05, 4.69) is 29.1 Å². The molecule has 3 N–H and O–H groups in total. The fourth-order valence-corrected chi connectivity index (χ4v) is 1.74. The van der Waals surface area contributed by atoms with Gasteiger partial charge < -0.3 is 20.5 Å². The van der Waals surface area contributed by atoms with Gasteiger partial charge in [0, 0.05) is 25.8 Å². The number of nitrogens with one attached hydrogen (secondary N) is 1. The van der Waals surface area contributed by atoms with E-state index in [4.69, 9.17) is 15.2 Å². The maximum Gasteiger partial charge on any atom is 0.134 e. The standard InChI is InChI=1S/C13H24N4O2/c1-10(2)11-12(14)16-9-17-13(11)15-5-4-6-19-8-7-18-3/h9-10H,4-8H2,1-3H3,(H3,14,15,16,17). The number of hydrogen-bond donors (Lipinski definition) is 2. The molecular weight excluding hydrogens is 244 g/mol. The highest BCUT2D eigenvalue weighted by Gasteiger charge is 2.12. The summed E-state index contributed by atoms with van der Waals surface area (Å²) in [6.07, 6.45) is 2.39. The zero-order valence-corrected chi connectivity index (χ0v) is 12.0. The number of aromatic nitrogens is 2. The zero-order chi connectivity index (χ0) is 14.1. The molecule has 0 bridgehead atoms. The van der Waals surface area contributed by atoms with Crippen molar-refractivity contribution in [1.29, 1.82) is 0 Å². The van der Waals surface area contributed by atoms with Crippen molar-refractivity contribution in [2.45, 2.75) is 26.2 Å². The van der Waals surface area contributed by atoms with Crippen LogP contribution in [0.1, 0.15) is 31.7 Å². The van der Waals surface area contributed by atoms with Crippen molar-refractivity contribution in [3.05, 3.63) is 11.9 Å². The molecule has 0 aliphatic heterocycles. The molecule has 0 radical (unpaired) electrons. The molecule has 6 heteroatoms. The van der Waals surface area contributed by atoms with Crippen LogP contribution in [0, 0.1) is 0 Å². The van der Waals surface area contributed by atoms with Gasteiger partial charge in [0.1, 0.15) is 18.0 Å². The summed E-state index contributed by atoms with van der Waals surface area (Å²) in [7, 11) is 1.66. The molecule has 1 heterocycles. The van der Waals surface area contributed by atoms with Crippen LogP contribution in [0.2, 0.25) is 0 Å². The highest BCUT2D eigenvalue weighted by molar-refractivity contribution is 5.56. The molecule has 0 aromatic carbocycles. The number of methoxy groups -OCH3 is 1. The van der Waals surface area contributed by atoms with Gasteiger partial charge in [0.2, 0.25) is 0 Å². The Morgan fingerprint density at radius 3 is 2.74 bits per heavy atom. The van der Waals surface area contributed by atoms with Crippen LogP contribution in [0.4, 0.5) is 11.6 Å². The van der Waals surface area contributed by atoms with Gasteiger partial charge in [-0.05, 0) is 12.3 Å². The van der Waals surface area contributed by atoms with Crippen molar-refractivity contribution in [1.82, 2.24) is 9.97 Å². The van der Waals surface area contributed by atoms with Crippen molar-refractivity contribution >= 4 is 11.6 Å². The summed E-state index contributed by atoms with van der Waals surface area (Å²) in [5.41, 5.74) is 6.85. The topological polar surface area (TPSA) is 82.3 Å². The monoisotopic (exact) mass is 268 g/mol. The van der Waals surface area contributed by atoms with E-state index in [1.165, 1.54) is 6.33 Å². The molecule has 0 fully saturated rings. The Balaban J connectivity index is 2.35. The molecule has 1 rings (SSSR count). The Bertz CT molecular complexity index is 372. The van der Waals surface area contributed by atoms with Gasteiger partial charge in [-0.25, -0.2) is 9.97 Å². The summed E-state index contributed by atoms with van der Waals surface area (Å²) in [5, 5.41) is 3.28. The third-order valence-corrected chi connectivity index (χ3v) is 2.68. The summed E-state index contributed by atoms with van der Waals surface area (Å²) in [5.74, 6) is 1.66. The molecule has 1 aromatic heterocycles. The lowest BCUT2D eigenvalue weighted by molar-refractivity contribution is 0.0705. The van der Waals surface area contributed by atoms with Gasteiger partial charge in [0.15, 0.2) is 0 Å². The predicted octanol–water partition coefficient (Wildman–Crippen LogP) is 1.65. The van der Waals surface area contributed by atoms with E-state index in [0.29, 0.717) is 31.6 Å². The average molecular weight is 268 g/mol. The number of ether oxygens (including phenoxy) is 2. The molecule has 6 nitrogen and oxygen atoms in total. The van der Waals surface area contributed by atoms with Crippen LogP contribution in [0.25, 0.3) is 0 Å². The maximum absolute atomic E-state index is 5.88. The first-order valence-electron chi connectivity index (χ1n) is 6.57. The molecule has 19 heavy (non-hydrogen) atoms. The Hall–Kier alpha value is -1.40. The third-order valence-electron chi connectivity index (χ3n) is 2.68. The van der Waals surface area contributed by atoms with Crippen molar-refractivity contribution in [2.75, 3.05) is 44.5 Å². The average Bonchev–Trinajstić information content (AvgIpc) is 2.37. The van der Waals surface area contributed by atoms with Gasteiger partial charge >= 0.3 is 0 Å². The van der Waals surface area contributed by atoms with Gasteiger partial charge in [0.05, 0.1) is 13.2 Å². The summed E-state index contributed by atoms with van der Waals surface area (Å²) in [6, 6.07) is 0. The molecule has 0 unspecified atom stereocenters. The van der Waals surface area contributed by atoms with E-state index in [1.54, 1.807) is 7.11 Å². The SMILES string of the molecule is COCCOCCCNc1ncnc(N)c1C(C)C. The zero-order valence-electron chi connectivity index (χ0n) is 12.0. The van der Waals surface area contributed by atoms with Gasteiger partial charge in [-0.3, -0.25) is 0 Å². The number of rotatable bonds is 9. The number of hydrogen-bond acceptors (Lipinski definition) is 6. The maximum atomic E-state index is 5.88. The molecule has 0 atom stereocenters. The second kappa shape index (κ2) is 8.66. The fourth-order valence-electron chi connectivity index (χ4n) is 1.74. The Morgan fingerprint density at radius 1 is 1.26 bits per heavy atom. The first-order chi connectivity index (χ1) is 9.16. The summed E-state index contributed by atoms with van der Waals surface area (Å²) < 4.78 is 10.3. The third kappa shape index (κ3) is 5.40. The first-order valence-corrected chi connectivity index (χ1v) is 6.57. The van der Waals surface area contributed by atoms with Crippen molar-refractivity contribution in [2.24, 2.45) is 0 Å². The number of nitrogens with zero attached hydrogens (tertiary/aromatic N) is 2. The molecule has 0 amide bonds. The van der Waals surface area contributed by atoms with Crippen molar-refractivity contribution in [3.8, 4) is 0 Å². The van der Waals surface area contributed by atoms with Crippen LogP contribution in [0.5, 0.6) is 0 Å². The molecular formula is C13H24N4O2. The number of anilines is 2. The van der Waals surface area contributed by atoms with Gasteiger partial charge in [-0.15, -0.1) is 0 Å². The Morgan fingerprint density at radius 2 is 2.05 bits per heavy atom. The number of nitrogen functional groups attached to an aromatic ring is 1. The summed E-state index contributed by atoms with van der Waals surface area (Å²) in [6.45, 7) is 6.92. The molecule has 0 saturated heterocycles. The normalized spacial score (nSPS) is 10.9. The molecule has 0 aliphatic carbocycles. The fraction of sp³-hybridized carbons (Fsp3) is 0.692. The van der Waals surface area contributed by atoms with Gasteiger partial charge in [0.25, 0.3) is 0 Å². The molecule has 1 aromatic rings. The minimum Gasteiger partial charge on any atom is -0.383 e. The van der Waals surface area contributed by atoms with Crippen LogP contribution in [0.15, 0.2) is 6.33 Å². The van der Waals surface area contributed by atoms with Crippen LogP contribution in [-0.2, 0) is 9.47 Å². The quantitative estimate of drug-likeness (QED) is 0.663. The van der Waals surface area contributed by atoms with E-state index >= 15 is 0 Å². The molecule has 0 aliphatic rings. The van der Waals surface area contributed by atoms with Crippen LogP contribution < -0.4 is 11.1 Å². The van der Waals surface area contributed by atoms with E-state index in [0.717, 1.165) is 24.3 Å². The van der Waals surface area contributed by atoms with Crippen molar-refractivity contribution in [3.63, 3.8) is 0 Å².